The van der Waals surface area contributed by atoms with Crippen LogP contribution in [-0.2, 0) is 9.53 Å². The van der Waals surface area contributed by atoms with Gasteiger partial charge in [-0.25, -0.2) is 4.79 Å². The van der Waals surface area contributed by atoms with E-state index in [0.717, 1.165) is 19.4 Å². The van der Waals surface area contributed by atoms with Crippen LogP contribution < -0.4 is 5.32 Å². The lowest BCUT2D eigenvalue weighted by atomic mass is 9.95. The lowest BCUT2D eigenvalue weighted by Gasteiger charge is -2.39. The lowest BCUT2D eigenvalue weighted by molar-refractivity contribution is -0.137. The van der Waals surface area contributed by atoms with Crippen molar-refractivity contribution in [3.8, 4) is 0 Å². The minimum Gasteiger partial charge on any atom is -0.481 e. The van der Waals surface area contributed by atoms with Gasteiger partial charge in [-0.05, 0) is 39.5 Å². The number of carbonyl (C=O) groups is 2. The molecule has 2 atom stereocenters. The Balaban J connectivity index is 2.36. The summed E-state index contributed by atoms with van der Waals surface area (Å²) in [5, 5.41) is 11.5. The third kappa shape index (κ3) is 5.36. The van der Waals surface area contributed by atoms with Gasteiger partial charge in [0.1, 0.15) is 0 Å². The number of carboxylic acid groups (broad SMARTS) is 1. The Morgan fingerprint density at radius 3 is 2.80 bits per heavy atom. The number of nitrogens with zero attached hydrogens (tertiary/aromatic N) is 1. The van der Waals surface area contributed by atoms with Crippen LogP contribution in [0.1, 0.15) is 46.0 Å². The summed E-state index contributed by atoms with van der Waals surface area (Å²) in [6, 6.07) is -0.103. The molecule has 2 N–H and O–H groups in total. The molecule has 0 bridgehead atoms. The van der Waals surface area contributed by atoms with Crippen LogP contribution in [0.5, 0.6) is 0 Å². The van der Waals surface area contributed by atoms with Crippen LogP contribution in [0.2, 0.25) is 0 Å². The highest BCUT2D eigenvalue weighted by Gasteiger charge is 2.33. The quantitative estimate of drug-likeness (QED) is 0.781. The van der Waals surface area contributed by atoms with E-state index in [2.05, 4.69) is 5.32 Å². The van der Waals surface area contributed by atoms with Crippen LogP contribution in [0.4, 0.5) is 4.79 Å². The van der Waals surface area contributed by atoms with Crippen molar-refractivity contribution < 1.29 is 19.4 Å². The van der Waals surface area contributed by atoms with Gasteiger partial charge in [0.25, 0.3) is 0 Å². The van der Waals surface area contributed by atoms with E-state index >= 15 is 0 Å². The molecule has 0 saturated carbocycles. The molecule has 0 aromatic rings. The molecule has 0 radical (unpaired) electrons. The molecule has 1 aliphatic heterocycles. The first kappa shape index (κ1) is 16.8. The zero-order valence-corrected chi connectivity index (χ0v) is 12.6. The molecule has 116 valence electrons. The van der Waals surface area contributed by atoms with E-state index in [1.807, 2.05) is 13.8 Å². The molecule has 0 aromatic carbocycles. The third-order valence-corrected chi connectivity index (χ3v) is 3.84. The molecule has 20 heavy (non-hydrogen) atoms. The molecule has 2 amide bonds. The molecule has 0 aromatic heterocycles. The minimum absolute atomic E-state index is 0.0161. The summed E-state index contributed by atoms with van der Waals surface area (Å²) >= 11 is 0. The first-order valence-corrected chi connectivity index (χ1v) is 7.19. The fourth-order valence-electron chi connectivity index (χ4n) is 2.48. The summed E-state index contributed by atoms with van der Waals surface area (Å²) in [7, 11) is 1.68. The Hall–Kier alpha value is -1.30. The molecule has 1 rings (SSSR count). The van der Waals surface area contributed by atoms with Crippen molar-refractivity contribution in [2.75, 3.05) is 20.2 Å². The SMILES string of the molecule is COC1(C)CCCN(C(=O)NC(C)CCCC(=O)O)C1. The number of carbonyl (C=O) groups excluding carboxylic acids is 1. The number of methoxy groups -OCH3 is 1. The van der Waals surface area contributed by atoms with Crippen LogP contribution in [-0.4, -0.2) is 53.8 Å². The normalized spacial score (nSPS) is 24.2. The van der Waals surface area contributed by atoms with E-state index in [-0.39, 0.29) is 24.1 Å². The maximum atomic E-state index is 12.2. The average Bonchev–Trinajstić information content (AvgIpc) is 2.38. The van der Waals surface area contributed by atoms with Gasteiger partial charge in [0.2, 0.25) is 0 Å². The van der Waals surface area contributed by atoms with Gasteiger partial charge in [0, 0.05) is 26.1 Å². The highest BCUT2D eigenvalue weighted by atomic mass is 16.5. The van der Waals surface area contributed by atoms with Crippen LogP contribution in [0, 0.1) is 0 Å². The molecule has 2 unspecified atom stereocenters. The van der Waals surface area contributed by atoms with E-state index in [9.17, 15) is 9.59 Å². The predicted molar refractivity (Wildman–Crippen MR) is 75.7 cm³/mol. The number of amides is 2. The van der Waals surface area contributed by atoms with Crippen molar-refractivity contribution in [2.24, 2.45) is 0 Å². The predicted octanol–water partition coefficient (Wildman–Crippen LogP) is 1.84. The maximum Gasteiger partial charge on any atom is 0.317 e. The molecule has 0 spiro atoms. The van der Waals surface area contributed by atoms with Gasteiger partial charge in [-0.15, -0.1) is 0 Å². The Bertz CT molecular complexity index is 348. The third-order valence-electron chi connectivity index (χ3n) is 3.84. The van der Waals surface area contributed by atoms with Gasteiger partial charge in [-0.3, -0.25) is 4.79 Å². The Labute approximate surface area is 120 Å². The van der Waals surface area contributed by atoms with E-state index in [0.29, 0.717) is 19.4 Å². The van der Waals surface area contributed by atoms with E-state index in [1.54, 1.807) is 12.0 Å². The van der Waals surface area contributed by atoms with Crippen LogP contribution in [0.15, 0.2) is 0 Å². The Morgan fingerprint density at radius 2 is 2.20 bits per heavy atom. The standard InChI is InChI=1S/C14H26N2O4/c1-11(6-4-7-12(17)18)15-13(19)16-9-5-8-14(2,10-16)20-3/h11H,4-10H2,1-3H3,(H,15,19)(H,17,18). The summed E-state index contributed by atoms with van der Waals surface area (Å²) in [6.45, 7) is 5.26. The summed E-state index contributed by atoms with van der Waals surface area (Å²) in [4.78, 5) is 24.4. The van der Waals surface area contributed by atoms with Gasteiger partial charge >= 0.3 is 12.0 Å². The number of nitrogens with one attached hydrogen (secondary N) is 1. The first-order chi connectivity index (χ1) is 9.36. The van der Waals surface area contributed by atoms with Gasteiger partial charge in [-0.2, -0.15) is 0 Å². The van der Waals surface area contributed by atoms with Gasteiger partial charge < -0.3 is 20.1 Å². The number of carboxylic acids is 1. The van der Waals surface area contributed by atoms with E-state index in [4.69, 9.17) is 9.84 Å². The number of hydrogen-bond acceptors (Lipinski definition) is 3. The Morgan fingerprint density at radius 1 is 1.50 bits per heavy atom. The maximum absolute atomic E-state index is 12.2. The van der Waals surface area contributed by atoms with Crippen molar-refractivity contribution in [1.29, 1.82) is 0 Å². The monoisotopic (exact) mass is 286 g/mol. The number of aliphatic carboxylic acids is 1. The molecule has 1 aliphatic rings. The lowest BCUT2D eigenvalue weighted by Crippen LogP contribution is -2.53. The Kier molecular flexibility index (Phi) is 6.26. The smallest absolute Gasteiger partial charge is 0.317 e. The highest BCUT2D eigenvalue weighted by Crippen LogP contribution is 2.23. The summed E-state index contributed by atoms with van der Waals surface area (Å²) in [5.74, 6) is -0.796. The fraction of sp³-hybridized carbons (Fsp3) is 0.857. The fourth-order valence-corrected chi connectivity index (χ4v) is 2.48. The zero-order valence-electron chi connectivity index (χ0n) is 12.6. The number of likely N-dealkylation sites (tertiary alicyclic amines) is 1. The molecule has 1 saturated heterocycles. The van der Waals surface area contributed by atoms with Crippen LogP contribution in [0.3, 0.4) is 0 Å². The van der Waals surface area contributed by atoms with Crippen molar-refractivity contribution in [3.05, 3.63) is 0 Å². The highest BCUT2D eigenvalue weighted by molar-refractivity contribution is 5.74. The largest absolute Gasteiger partial charge is 0.481 e. The van der Waals surface area contributed by atoms with Crippen molar-refractivity contribution in [2.45, 2.75) is 57.6 Å². The van der Waals surface area contributed by atoms with Gasteiger partial charge in [0.15, 0.2) is 0 Å². The van der Waals surface area contributed by atoms with Crippen molar-refractivity contribution in [3.63, 3.8) is 0 Å². The second kappa shape index (κ2) is 7.47. The van der Waals surface area contributed by atoms with Gasteiger partial charge in [0.05, 0.1) is 12.1 Å². The van der Waals surface area contributed by atoms with E-state index in [1.165, 1.54) is 0 Å². The van der Waals surface area contributed by atoms with Crippen molar-refractivity contribution >= 4 is 12.0 Å². The number of rotatable bonds is 6. The molecule has 6 nitrogen and oxygen atoms in total. The minimum atomic E-state index is -0.796. The summed E-state index contributed by atoms with van der Waals surface area (Å²) < 4.78 is 5.47. The molecule has 1 fully saturated rings. The number of ether oxygens (including phenoxy) is 1. The summed E-state index contributed by atoms with van der Waals surface area (Å²) in [6.07, 6.45) is 3.29. The second-order valence-electron chi connectivity index (χ2n) is 5.82. The molecular weight excluding hydrogens is 260 g/mol. The summed E-state index contributed by atoms with van der Waals surface area (Å²) in [5.41, 5.74) is -0.262. The molecule has 6 heteroatoms. The molecular formula is C14H26N2O4. The molecule has 0 aliphatic carbocycles. The average molecular weight is 286 g/mol. The number of urea groups is 1. The van der Waals surface area contributed by atoms with E-state index < -0.39 is 5.97 Å². The first-order valence-electron chi connectivity index (χ1n) is 7.19. The van der Waals surface area contributed by atoms with Gasteiger partial charge in [-0.1, -0.05) is 0 Å². The number of piperidine rings is 1. The van der Waals surface area contributed by atoms with Crippen LogP contribution >= 0.6 is 0 Å². The van der Waals surface area contributed by atoms with Crippen LogP contribution in [0.25, 0.3) is 0 Å². The molecule has 1 heterocycles. The number of hydrogen-bond donors (Lipinski definition) is 2. The second-order valence-corrected chi connectivity index (χ2v) is 5.82. The topological polar surface area (TPSA) is 78.9 Å². The zero-order chi connectivity index (χ0) is 15.2. The van der Waals surface area contributed by atoms with Crippen molar-refractivity contribution in [1.82, 2.24) is 10.2 Å².